The molecule has 1 aromatic rings. The molecule has 0 atom stereocenters. The molecule has 15 heavy (non-hydrogen) atoms. The van der Waals surface area contributed by atoms with Crippen molar-refractivity contribution >= 4 is 17.5 Å². The van der Waals surface area contributed by atoms with Gasteiger partial charge in [-0.3, -0.25) is 4.79 Å². The monoisotopic (exact) mass is 220 g/mol. The van der Waals surface area contributed by atoms with Crippen LogP contribution in [0, 0.1) is 0 Å². The van der Waals surface area contributed by atoms with Crippen LogP contribution in [-0.4, -0.2) is 12.0 Å². The van der Waals surface area contributed by atoms with E-state index in [0.717, 1.165) is 24.0 Å². The van der Waals surface area contributed by atoms with Crippen molar-refractivity contribution < 1.29 is 4.79 Å². The van der Waals surface area contributed by atoms with Crippen molar-refractivity contribution in [2.45, 2.75) is 19.8 Å². The third-order valence-corrected chi connectivity index (χ3v) is 2.63. The van der Waals surface area contributed by atoms with Crippen LogP contribution < -0.4 is 0 Å². The second-order valence-corrected chi connectivity index (χ2v) is 4.03. The molecule has 80 valence electrons. The van der Waals surface area contributed by atoms with E-state index in [0.29, 0.717) is 0 Å². The minimum Gasteiger partial charge on any atom is -0.289 e. The molecule has 2 heteroatoms. The van der Waals surface area contributed by atoms with Gasteiger partial charge < -0.3 is 0 Å². The normalized spacial score (nSPS) is 11.5. The molecule has 1 rings (SSSR count). The van der Waals surface area contributed by atoms with Crippen LogP contribution in [0.25, 0.3) is 0 Å². The van der Waals surface area contributed by atoms with Gasteiger partial charge in [0.1, 0.15) is 0 Å². The Morgan fingerprint density at radius 1 is 1.33 bits per heavy atom. The van der Waals surface area contributed by atoms with Gasteiger partial charge in [0.05, 0.1) is 0 Å². The Morgan fingerprint density at radius 2 is 2.00 bits per heavy atom. The molecule has 0 bridgehead atoms. The van der Waals surface area contributed by atoms with Crippen LogP contribution in [0.2, 0.25) is 0 Å². The van der Waals surface area contributed by atoms with Crippen molar-refractivity contribution in [1.82, 2.24) is 0 Å². The minimum atomic E-state index is 0.159. The zero-order chi connectivity index (χ0) is 11.1. The molecule has 0 N–H and O–H groups in total. The van der Waals surface area contributed by atoms with E-state index in [9.17, 15) is 4.79 Å². The first-order chi connectivity index (χ1) is 7.29. The van der Waals surface area contributed by atoms with Crippen LogP contribution in [0.5, 0.6) is 0 Å². The van der Waals surface area contributed by atoms with Crippen molar-refractivity contribution in [3.63, 3.8) is 0 Å². The van der Waals surface area contributed by atoms with Crippen molar-refractivity contribution in [3.05, 3.63) is 46.9 Å². The number of allylic oxidation sites excluding steroid dienone is 1. The maximum atomic E-state index is 12.0. The largest absolute Gasteiger partial charge is 0.289 e. The van der Waals surface area contributed by atoms with E-state index >= 15 is 0 Å². The van der Waals surface area contributed by atoms with Crippen molar-refractivity contribution in [1.29, 1.82) is 0 Å². The van der Waals surface area contributed by atoms with Gasteiger partial charge in [-0.15, -0.1) is 11.8 Å². The van der Waals surface area contributed by atoms with Crippen molar-refractivity contribution in [2.24, 2.45) is 0 Å². The second kappa shape index (κ2) is 6.46. The van der Waals surface area contributed by atoms with Gasteiger partial charge >= 0.3 is 0 Å². The average Bonchev–Trinajstić information content (AvgIpc) is 2.29. The molecule has 0 spiro atoms. The molecule has 1 nitrogen and oxygen atoms in total. The van der Waals surface area contributed by atoms with Gasteiger partial charge in [0.2, 0.25) is 0 Å². The van der Waals surface area contributed by atoms with Gasteiger partial charge in [-0.05, 0) is 18.1 Å². The summed E-state index contributed by atoms with van der Waals surface area (Å²) in [5.74, 6) is 0.159. The van der Waals surface area contributed by atoms with E-state index in [2.05, 4.69) is 6.92 Å². The number of Topliss-reactive ketones (excluding diaryl/α,β-unsaturated/α-hetero) is 1. The third kappa shape index (κ3) is 3.56. The lowest BCUT2D eigenvalue weighted by atomic mass is 10.0. The predicted octanol–water partition coefficient (Wildman–Crippen LogP) is 3.92. The Morgan fingerprint density at radius 3 is 2.53 bits per heavy atom. The summed E-state index contributed by atoms with van der Waals surface area (Å²) in [7, 11) is 0. The summed E-state index contributed by atoms with van der Waals surface area (Å²) in [6.07, 6.45) is 3.84. The Labute approximate surface area is 95.6 Å². The van der Waals surface area contributed by atoms with E-state index in [4.69, 9.17) is 0 Å². The third-order valence-electron chi connectivity index (χ3n) is 2.11. The molecule has 0 aromatic heterocycles. The predicted molar refractivity (Wildman–Crippen MR) is 67.3 cm³/mol. The number of thioether (sulfide) groups is 1. The SMILES string of the molecule is CCC/C(=C/SC)C(=O)c1ccccc1. The quantitative estimate of drug-likeness (QED) is 0.552. The fourth-order valence-corrected chi connectivity index (χ4v) is 1.92. The highest BCUT2D eigenvalue weighted by molar-refractivity contribution is 8.01. The Bertz CT molecular complexity index is 341. The molecule has 0 amide bonds. The molecule has 0 aliphatic heterocycles. The zero-order valence-corrected chi connectivity index (χ0v) is 10.0. The van der Waals surface area contributed by atoms with E-state index < -0.39 is 0 Å². The number of benzene rings is 1. The highest BCUT2D eigenvalue weighted by atomic mass is 32.2. The molecule has 0 unspecified atom stereocenters. The summed E-state index contributed by atoms with van der Waals surface area (Å²) in [4.78, 5) is 12.0. The van der Waals surface area contributed by atoms with Crippen molar-refractivity contribution in [3.8, 4) is 0 Å². The summed E-state index contributed by atoms with van der Waals surface area (Å²) in [5, 5.41) is 1.96. The fourth-order valence-electron chi connectivity index (χ4n) is 1.41. The first-order valence-electron chi connectivity index (χ1n) is 5.11. The van der Waals surface area contributed by atoms with Crippen LogP contribution in [0.3, 0.4) is 0 Å². The second-order valence-electron chi connectivity index (χ2n) is 3.32. The highest BCUT2D eigenvalue weighted by Gasteiger charge is 2.10. The summed E-state index contributed by atoms with van der Waals surface area (Å²) in [5.41, 5.74) is 1.70. The zero-order valence-electron chi connectivity index (χ0n) is 9.19. The van der Waals surface area contributed by atoms with Crippen LogP contribution >= 0.6 is 11.8 Å². The maximum absolute atomic E-state index is 12.0. The molecule has 0 heterocycles. The van der Waals surface area contributed by atoms with E-state index in [1.165, 1.54) is 0 Å². The van der Waals surface area contributed by atoms with E-state index in [-0.39, 0.29) is 5.78 Å². The number of hydrogen-bond acceptors (Lipinski definition) is 2. The molecule has 0 radical (unpaired) electrons. The van der Waals surface area contributed by atoms with Crippen LogP contribution in [0.15, 0.2) is 41.3 Å². The Balaban J connectivity index is 2.86. The van der Waals surface area contributed by atoms with Crippen LogP contribution in [0.4, 0.5) is 0 Å². The Hall–Kier alpha value is -1.02. The van der Waals surface area contributed by atoms with Gasteiger partial charge in [-0.25, -0.2) is 0 Å². The lowest BCUT2D eigenvalue weighted by molar-refractivity contribution is 0.103. The summed E-state index contributed by atoms with van der Waals surface area (Å²) < 4.78 is 0. The molecule has 0 aliphatic rings. The summed E-state index contributed by atoms with van der Waals surface area (Å²) >= 11 is 1.59. The molecule has 1 aromatic carbocycles. The molecule has 0 aliphatic carbocycles. The van der Waals surface area contributed by atoms with E-state index in [1.54, 1.807) is 11.8 Å². The van der Waals surface area contributed by atoms with E-state index in [1.807, 2.05) is 42.0 Å². The molecule has 0 saturated carbocycles. The number of carbonyl (C=O) groups is 1. The summed E-state index contributed by atoms with van der Waals surface area (Å²) in [6.45, 7) is 2.09. The molecule has 0 fully saturated rings. The van der Waals surface area contributed by atoms with Crippen molar-refractivity contribution in [2.75, 3.05) is 6.26 Å². The first kappa shape index (κ1) is 12.1. The molecular formula is C13H16OS. The number of carbonyl (C=O) groups excluding carboxylic acids is 1. The van der Waals surface area contributed by atoms with Gasteiger partial charge in [0, 0.05) is 11.1 Å². The molecule has 0 saturated heterocycles. The standard InChI is InChI=1S/C13H16OS/c1-3-7-12(10-15-2)13(14)11-8-5-4-6-9-11/h4-6,8-10H,3,7H2,1-2H3/b12-10-. The van der Waals surface area contributed by atoms with Gasteiger partial charge in [0.15, 0.2) is 5.78 Å². The fraction of sp³-hybridized carbons (Fsp3) is 0.308. The number of ketones is 1. The lowest BCUT2D eigenvalue weighted by Gasteiger charge is -2.04. The molecular weight excluding hydrogens is 204 g/mol. The Kier molecular flexibility index (Phi) is 5.19. The lowest BCUT2D eigenvalue weighted by Crippen LogP contribution is -2.02. The average molecular weight is 220 g/mol. The first-order valence-corrected chi connectivity index (χ1v) is 6.40. The smallest absolute Gasteiger partial charge is 0.189 e. The van der Waals surface area contributed by atoms with Gasteiger partial charge in [-0.2, -0.15) is 0 Å². The van der Waals surface area contributed by atoms with Gasteiger partial charge in [-0.1, -0.05) is 43.7 Å². The van der Waals surface area contributed by atoms with Gasteiger partial charge in [0.25, 0.3) is 0 Å². The topological polar surface area (TPSA) is 17.1 Å². The summed E-state index contributed by atoms with van der Waals surface area (Å²) in [6, 6.07) is 9.46. The maximum Gasteiger partial charge on any atom is 0.189 e. The number of hydrogen-bond donors (Lipinski definition) is 0. The van der Waals surface area contributed by atoms with Crippen LogP contribution in [0.1, 0.15) is 30.1 Å². The highest BCUT2D eigenvalue weighted by Crippen LogP contribution is 2.16. The number of rotatable bonds is 5. The minimum absolute atomic E-state index is 0.159. The van der Waals surface area contributed by atoms with Crippen LogP contribution in [-0.2, 0) is 0 Å².